The molecule has 0 aliphatic carbocycles. The average Bonchev–Trinajstić information content (AvgIpc) is 2.79. The van der Waals surface area contributed by atoms with Gasteiger partial charge in [-0.2, -0.15) is 0 Å². The number of likely N-dealkylation sites (tertiary alicyclic amines) is 1. The highest BCUT2D eigenvalue weighted by atomic mass is 32.2. The first-order valence-corrected chi connectivity index (χ1v) is 12.2. The van der Waals surface area contributed by atoms with E-state index >= 15 is 0 Å². The zero-order chi connectivity index (χ0) is 21.6. The molecule has 1 saturated heterocycles. The van der Waals surface area contributed by atoms with Gasteiger partial charge in [-0.05, 0) is 55.1 Å². The summed E-state index contributed by atoms with van der Waals surface area (Å²) in [6.07, 6.45) is 2.88. The van der Waals surface area contributed by atoms with Gasteiger partial charge < -0.3 is 10.2 Å². The summed E-state index contributed by atoms with van der Waals surface area (Å²) in [5, 5.41) is 2.99. The summed E-state index contributed by atoms with van der Waals surface area (Å²) in [7, 11) is 0. The Morgan fingerprint density at radius 1 is 1.06 bits per heavy atom. The Morgan fingerprint density at radius 2 is 1.77 bits per heavy atom. The van der Waals surface area contributed by atoms with Gasteiger partial charge in [0, 0.05) is 31.0 Å². The van der Waals surface area contributed by atoms with Crippen molar-refractivity contribution in [2.45, 2.75) is 44.2 Å². The molecule has 2 aromatic carbocycles. The number of carbonyl (C=O) groups is 2. The Kier molecular flexibility index (Phi) is 7.30. The van der Waals surface area contributed by atoms with Crippen molar-refractivity contribution in [2.24, 2.45) is 5.92 Å². The Labute approximate surface area is 189 Å². The van der Waals surface area contributed by atoms with Gasteiger partial charge in [0.1, 0.15) is 0 Å². The number of para-hydroxylation sites is 1. The third-order valence-corrected chi connectivity index (χ3v) is 7.21. The lowest BCUT2D eigenvalue weighted by Crippen LogP contribution is -2.38. The second kappa shape index (κ2) is 10.3. The fraction of sp³-hybridized carbons (Fsp3) is 0.440. The van der Waals surface area contributed by atoms with Gasteiger partial charge in [0.25, 0.3) is 0 Å². The number of nitrogens with zero attached hydrogens (tertiary/aromatic N) is 2. The van der Waals surface area contributed by atoms with Crippen molar-refractivity contribution >= 4 is 29.3 Å². The highest BCUT2D eigenvalue weighted by molar-refractivity contribution is 8.00. The number of anilines is 1. The number of thioether (sulfide) groups is 1. The van der Waals surface area contributed by atoms with Crippen LogP contribution in [0.25, 0.3) is 0 Å². The van der Waals surface area contributed by atoms with Crippen molar-refractivity contribution in [3.63, 3.8) is 0 Å². The lowest BCUT2D eigenvalue weighted by molar-refractivity contribution is -0.121. The number of fused-ring (bicyclic) bond motifs is 1. The maximum atomic E-state index is 12.4. The van der Waals surface area contributed by atoms with Crippen LogP contribution in [-0.4, -0.2) is 42.1 Å². The highest BCUT2D eigenvalue weighted by Gasteiger charge is 2.24. The molecule has 2 amide bonds. The molecule has 31 heavy (non-hydrogen) atoms. The van der Waals surface area contributed by atoms with Crippen LogP contribution in [0.3, 0.4) is 0 Å². The summed E-state index contributed by atoms with van der Waals surface area (Å²) in [5.74, 6) is 1.32. The van der Waals surface area contributed by atoms with Gasteiger partial charge >= 0.3 is 0 Å². The lowest BCUT2D eigenvalue weighted by atomic mass is 9.99. The molecule has 2 aliphatic heterocycles. The molecule has 0 unspecified atom stereocenters. The number of hydrogen-bond acceptors (Lipinski definition) is 4. The molecule has 4 rings (SSSR count). The number of amides is 2. The van der Waals surface area contributed by atoms with Crippen LogP contribution in [0.4, 0.5) is 5.69 Å². The molecule has 6 heteroatoms. The minimum Gasteiger partial charge on any atom is -0.352 e. The van der Waals surface area contributed by atoms with Crippen LogP contribution in [-0.2, 0) is 22.7 Å². The summed E-state index contributed by atoms with van der Waals surface area (Å²) >= 11 is 1.56. The smallest absolute Gasteiger partial charge is 0.237 e. The lowest BCUT2D eigenvalue weighted by Gasteiger charge is -2.30. The second-order valence-corrected chi connectivity index (χ2v) is 9.62. The van der Waals surface area contributed by atoms with E-state index in [0.717, 1.165) is 28.6 Å². The monoisotopic (exact) mass is 437 g/mol. The number of benzene rings is 2. The van der Waals surface area contributed by atoms with Crippen LogP contribution in [0.15, 0.2) is 53.4 Å². The molecular formula is C25H31N3O2S. The molecular weight excluding hydrogens is 406 g/mol. The molecule has 2 heterocycles. The van der Waals surface area contributed by atoms with Crippen LogP contribution in [0.5, 0.6) is 0 Å². The Hall–Kier alpha value is -2.31. The van der Waals surface area contributed by atoms with Crippen LogP contribution >= 0.6 is 11.8 Å². The van der Waals surface area contributed by atoms with Gasteiger partial charge in [-0.25, -0.2) is 0 Å². The molecule has 1 fully saturated rings. The number of rotatable bonds is 7. The molecule has 0 atom stereocenters. The average molecular weight is 438 g/mol. The fourth-order valence-corrected chi connectivity index (χ4v) is 5.08. The van der Waals surface area contributed by atoms with E-state index in [-0.39, 0.29) is 11.8 Å². The van der Waals surface area contributed by atoms with E-state index in [1.807, 2.05) is 24.3 Å². The van der Waals surface area contributed by atoms with Crippen LogP contribution in [0, 0.1) is 5.92 Å². The first-order chi connectivity index (χ1) is 15.1. The van der Waals surface area contributed by atoms with Gasteiger partial charge in [0.15, 0.2) is 0 Å². The predicted octanol–water partition coefficient (Wildman–Crippen LogP) is 4.06. The first kappa shape index (κ1) is 21.9. The maximum Gasteiger partial charge on any atom is 0.237 e. The van der Waals surface area contributed by atoms with E-state index in [4.69, 9.17) is 0 Å². The van der Waals surface area contributed by atoms with Crippen molar-refractivity contribution in [2.75, 3.05) is 30.3 Å². The van der Waals surface area contributed by atoms with Gasteiger partial charge in [-0.1, -0.05) is 43.3 Å². The molecule has 0 bridgehead atoms. The predicted molar refractivity (Wildman–Crippen MR) is 126 cm³/mol. The van der Waals surface area contributed by atoms with E-state index < -0.39 is 0 Å². The summed E-state index contributed by atoms with van der Waals surface area (Å²) in [4.78, 5) is 30.0. The van der Waals surface area contributed by atoms with E-state index in [9.17, 15) is 9.59 Å². The van der Waals surface area contributed by atoms with Crippen LogP contribution < -0.4 is 10.2 Å². The number of nitrogens with one attached hydrogen (secondary N) is 1. The van der Waals surface area contributed by atoms with E-state index in [2.05, 4.69) is 41.4 Å². The summed E-state index contributed by atoms with van der Waals surface area (Å²) in [6.45, 7) is 6.63. The Bertz CT molecular complexity index is 907. The minimum absolute atomic E-state index is 0.0324. The Balaban J connectivity index is 1.22. The standard InChI is InChI=1S/C25H31N3O2S/c1-19-10-13-27(14-11-19)17-21-8-6-20(7-9-21)16-26-24(29)12-15-28-22-4-2-3-5-23(22)31-18-25(28)30/h2-9,19H,10-18H2,1H3,(H,26,29). The zero-order valence-electron chi connectivity index (χ0n) is 18.2. The molecule has 0 saturated carbocycles. The molecule has 2 aromatic rings. The fourth-order valence-electron chi connectivity index (χ4n) is 4.14. The van der Waals surface area contributed by atoms with Crippen molar-refractivity contribution < 1.29 is 9.59 Å². The van der Waals surface area contributed by atoms with E-state index in [0.29, 0.717) is 25.3 Å². The summed E-state index contributed by atoms with van der Waals surface area (Å²) < 4.78 is 0. The molecule has 2 aliphatic rings. The third kappa shape index (κ3) is 5.89. The molecule has 164 valence electrons. The van der Waals surface area contributed by atoms with Crippen LogP contribution in [0.2, 0.25) is 0 Å². The van der Waals surface area contributed by atoms with Gasteiger partial charge in [-0.15, -0.1) is 11.8 Å². The first-order valence-electron chi connectivity index (χ1n) is 11.2. The normalized spacial score (nSPS) is 17.5. The SMILES string of the molecule is CC1CCN(Cc2ccc(CNC(=O)CCN3C(=O)CSc4ccccc43)cc2)CC1. The number of hydrogen-bond donors (Lipinski definition) is 1. The van der Waals surface area contributed by atoms with E-state index in [1.54, 1.807) is 16.7 Å². The van der Waals surface area contributed by atoms with Crippen LogP contribution in [0.1, 0.15) is 37.3 Å². The molecule has 0 radical (unpaired) electrons. The van der Waals surface area contributed by atoms with Crippen molar-refractivity contribution in [3.8, 4) is 0 Å². The number of carbonyl (C=O) groups excluding carboxylic acids is 2. The van der Waals surface area contributed by atoms with Gasteiger partial charge in [-0.3, -0.25) is 14.5 Å². The summed E-state index contributed by atoms with van der Waals surface area (Å²) in [6, 6.07) is 16.4. The second-order valence-electron chi connectivity index (χ2n) is 8.60. The van der Waals surface area contributed by atoms with Gasteiger partial charge in [0.2, 0.25) is 11.8 Å². The van der Waals surface area contributed by atoms with Crippen molar-refractivity contribution in [1.82, 2.24) is 10.2 Å². The van der Waals surface area contributed by atoms with E-state index in [1.165, 1.54) is 31.5 Å². The zero-order valence-corrected chi connectivity index (χ0v) is 19.0. The van der Waals surface area contributed by atoms with Crippen molar-refractivity contribution in [3.05, 3.63) is 59.7 Å². The maximum absolute atomic E-state index is 12.4. The quantitative estimate of drug-likeness (QED) is 0.710. The number of piperidine rings is 1. The molecule has 0 aromatic heterocycles. The topological polar surface area (TPSA) is 52.7 Å². The van der Waals surface area contributed by atoms with Gasteiger partial charge in [0.05, 0.1) is 11.4 Å². The molecule has 5 nitrogen and oxygen atoms in total. The largest absolute Gasteiger partial charge is 0.352 e. The van der Waals surface area contributed by atoms with Crippen molar-refractivity contribution in [1.29, 1.82) is 0 Å². The minimum atomic E-state index is -0.0324. The highest BCUT2D eigenvalue weighted by Crippen LogP contribution is 2.34. The third-order valence-electron chi connectivity index (χ3n) is 6.17. The summed E-state index contributed by atoms with van der Waals surface area (Å²) in [5.41, 5.74) is 3.33. The molecule has 0 spiro atoms. The Morgan fingerprint density at radius 3 is 2.55 bits per heavy atom. The molecule has 1 N–H and O–H groups in total.